The number of para-hydroxylation sites is 1. The number of hydrogen-bond acceptors (Lipinski definition) is 6. The third-order valence-corrected chi connectivity index (χ3v) is 8.04. The highest BCUT2D eigenvalue weighted by Crippen LogP contribution is 2.25. The first-order chi connectivity index (χ1) is 16.5. The molecule has 0 aliphatic heterocycles. The first kappa shape index (κ1) is 24.4. The zero-order valence-electron chi connectivity index (χ0n) is 19.3. The van der Waals surface area contributed by atoms with Gasteiger partial charge in [0.05, 0.1) is 21.5 Å². The number of thiophene rings is 1. The number of hydrogen-bond donors (Lipinski definition) is 1. The van der Waals surface area contributed by atoms with Gasteiger partial charge in [-0.3, -0.25) is 19.0 Å². The molecule has 34 heavy (non-hydrogen) atoms. The summed E-state index contributed by atoms with van der Waals surface area (Å²) in [7, 11) is 0. The van der Waals surface area contributed by atoms with Crippen LogP contribution in [0.3, 0.4) is 0 Å². The van der Waals surface area contributed by atoms with Crippen molar-refractivity contribution < 1.29 is 9.59 Å². The second-order valence-electron chi connectivity index (χ2n) is 8.44. The molecule has 0 bridgehead atoms. The van der Waals surface area contributed by atoms with Crippen LogP contribution in [0, 0.1) is 0 Å². The van der Waals surface area contributed by atoms with Crippen LogP contribution in [-0.2, 0) is 17.8 Å². The van der Waals surface area contributed by atoms with Crippen molar-refractivity contribution in [2.45, 2.75) is 57.1 Å². The largest absolute Gasteiger partial charge is 0.356 e. The third kappa shape index (κ3) is 6.24. The molecule has 0 atom stereocenters. The summed E-state index contributed by atoms with van der Waals surface area (Å²) >= 11 is 2.79. The fraction of sp³-hybridized carbons (Fsp3) is 0.385. The highest BCUT2D eigenvalue weighted by Gasteiger charge is 2.16. The van der Waals surface area contributed by atoms with Crippen LogP contribution in [0.5, 0.6) is 0 Å². The Hall–Kier alpha value is -2.71. The van der Waals surface area contributed by atoms with Gasteiger partial charge < -0.3 is 5.32 Å². The number of carbonyl (C=O) groups is 2. The lowest BCUT2D eigenvalue weighted by Gasteiger charge is -2.16. The Kier molecular flexibility index (Phi) is 8.34. The van der Waals surface area contributed by atoms with Crippen LogP contribution in [0.4, 0.5) is 0 Å². The van der Waals surface area contributed by atoms with E-state index in [2.05, 4.69) is 11.4 Å². The topological polar surface area (TPSA) is 81.1 Å². The van der Waals surface area contributed by atoms with Gasteiger partial charge >= 0.3 is 0 Å². The van der Waals surface area contributed by atoms with Gasteiger partial charge in [-0.2, -0.15) is 0 Å². The molecule has 0 spiro atoms. The van der Waals surface area contributed by atoms with E-state index in [0.717, 1.165) is 24.1 Å². The van der Waals surface area contributed by atoms with Crippen LogP contribution < -0.4 is 10.9 Å². The summed E-state index contributed by atoms with van der Waals surface area (Å²) in [4.78, 5) is 43.7. The summed E-state index contributed by atoms with van der Waals surface area (Å²) in [6, 6.07) is 11.2. The van der Waals surface area contributed by atoms with Crippen LogP contribution in [0.25, 0.3) is 10.9 Å². The molecule has 0 saturated carbocycles. The Balaban J connectivity index is 1.48. The number of amides is 1. The quantitative estimate of drug-likeness (QED) is 0.185. The van der Waals surface area contributed by atoms with Crippen molar-refractivity contribution in [3.05, 3.63) is 68.2 Å². The fourth-order valence-corrected chi connectivity index (χ4v) is 6.01. The molecule has 178 valence electrons. The minimum absolute atomic E-state index is 0.0183. The molecule has 1 aliphatic rings. The Morgan fingerprint density at radius 1 is 1.15 bits per heavy atom. The van der Waals surface area contributed by atoms with Gasteiger partial charge in [-0.25, -0.2) is 4.98 Å². The maximum atomic E-state index is 13.3. The van der Waals surface area contributed by atoms with Crippen molar-refractivity contribution in [2.24, 2.45) is 0 Å². The number of rotatable bonds is 10. The maximum absolute atomic E-state index is 13.3. The number of allylic oxidation sites excluding steroid dienone is 2. The number of Topliss-reactive ketones (excluding diaryl/α,β-unsaturated/α-hetero) is 1. The Morgan fingerprint density at radius 3 is 2.79 bits per heavy atom. The van der Waals surface area contributed by atoms with Gasteiger partial charge in [-0.15, -0.1) is 11.3 Å². The van der Waals surface area contributed by atoms with Crippen LogP contribution in [0.2, 0.25) is 0 Å². The van der Waals surface area contributed by atoms with Crippen molar-refractivity contribution >= 4 is 45.7 Å². The van der Waals surface area contributed by atoms with Crippen molar-refractivity contribution in [3.63, 3.8) is 0 Å². The molecule has 1 amide bonds. The molecule has 0 radical (unpaired) electrons. The van der Waals surface area contributed by atoms with E-state index < -0.39 is 0 Å². The Labute approximate surface area is 207 Å². The predicted octanol–water partition coefficient (Wildman–Crippen LogP) is 5.00. The number of nitrogens with one attached hydrogen (secondary N) is 1. The first-order valence-electron chi connectivity index (χ1n) is 11.7. The third-order valence-electron chi connectivity index (χ3n) is 5.88. The first-order valence-corrected chi connectivity index (χ1v) is 13.5. The molecule has 0 unspecified atom stereocenters. The highest BCUT2D eigenvalue weighted by molar-refractivity contribution is 7.99. The molecule has 1 aromatic carbocycles. The predicted molar refractivity (Wildman–Crippen MR) is 139 cm³/mol. The van der Waals surface area contributed by atoms with Gasteiger partial charge in [-0.1, -0.05) is 35.5 Å². The van der Waals surface area contributed by atoms with Crippen LogP contribution in [-0.4, -0.2) is 33.5 Å². The molecule has 1 N–H and O–H groups in total. The van der Waals surface area contributed by atoms with E-state index in [4.69, 9.17) is 4.98 Å². The summed E-state index contributed by atoms with van der Waals surface area (Å²) in [6.45, 7) is 2.63. The molecule has 6 nitrogen and oxygen atoms in total. The summed E-state index contributed by atoms with van der Waals surface area (Å²) < 4.78 is 1.74. The van der Waals surface area contributed by atoms with E-state index in [1.165, 1.54) is 48.4 Å². The minimum Gasteiger partial charge on any atom is -0.356 e. The molecule has 3 aromatic rings. The smallest absolute Gasteiger partial charge is 0.262 e. The number of nitrogens with zero attached hydrogens (tertiary/aromatic N) is 2. The number of carbonyl (C=O) groups excluding carboxylic acids is 2. The van der Waals surface area contributed by atoms with Gasteiger partial charge in [0.1, 0.15) is 0 Å². The second kappa shape index (κ2) is 11.6. The SMILES string of the molecule is CC(=O)NCCc1ccc(C(=O)CSc2nc3ccccc3c(=O)n2CCC2=CCCCC2)s1. The molecule has 2 heterocycles. The molecule has 8 heteroatoms. The van der Waals surface area contributed by atoms with Crippen LogP contribution in [0.1, 0.15) is 53.6 Å². The zero-order valence-corrected chi connectivity index (χ0v) is 21.0. The summed E-state index contributed by atoms with van der Waals surface area (Å²) in [5.74, 6) is 0.182. The lowest BCUT2D eigenvalue weighted by Crippen LogP contribution is -2.24. The standard InChI is InChI=1S/C26H29N3O3S2/c1-18(30)27-15-13-20-11-12-24(34-20)23(31)17-33-26-28-22-10-6-5-9-21(22)25(32)29(26)16-14-19-7-3-2-4-8-19/h5-7,9-12H,2-4,8,13-17H2,1H3,(H,27,30). The molecular weight excluding hydrogens is 466 g/mol. The monoisotopic (exact) mass is 495 g/mol. The number of thioether (sulfide) groups is 1. The highest BCUT2D eigenvalue weighted by atomic mass is 32.2. The Morgan fingerprint density at radius 2 is 2.00 bits per heavy atom. The van der Waals surface area contributed by atoms with E-state index in [0.29, 0.717) is 40.4 Å². The van der Waals surface area contributed by atoms with Gasteiger partial charge in [0, 0.05) is 24.9 Å². The molecule has 2 aromatic heterocycles. The van der Waals surface area contributed by atoms with Gasteiger partial charge in [-0.05, 0) is 62.8 Å². The van der Waals surface area contributed by atoms with E-state index in [-0.39, 0.29) is 23.0 Å². The normalized spacial score (nSPS) is 13.6. The van der Waals surface area contributed by atoms with Crippen molar-refractivity contribution in [3.8, 4) is 0 Å². The summed E-state index contributed by atoms with van der Waals surface area (Å²) in [5, 5.41) is 3.98. The van der Waals surface area contributed by atoms with Gasteiger partial charge in [0.2, 0.25) is 5.91 Å². The lowest BCUT2D eigenvalue weighted by atomic mass is 9.97. The average Bonchev–Trinajstić information content (AvgIpc) is 3.31. The van der Waals surface area contributed by atoms with E-state index >= 15 is 0 Å². The summed E-state index contributed by atoms with van der Waals surface area (Å²) in [5.41, 5.74) is 2.02. The maximum Gasteiger partial charge on any atom is 0.262 e. The second-order valence-corrected chi connectivity index (χ2v) is 10.5. The van der Waals surface area contributed by atoms with Crippen molar-refractivity contribution in [2.75, 3.05) is 12.3 Å². The Bertz CT molecular complexity index is 1280. The molecule has 0 fully saturated rings. The molecule has 4 rings (SSSR count). The van der Waals surface area contributed by atoms with Gasteiger partial charge in [0.25, 0.3) is 5.56 Å². The number of benzene rings is 1. The number of ketones is 1. The van der Waals surface area contributed by atoms with Gasteiger partial charge in [0.15, 0.2) is 10.9 Å². The van der Waals surface area contributed by atoms with E-state index in [9.17, 15) is 14.4 Å². The summed E-state index contributed by atoms with van der Waals surface area (Å²) in [6.07, 6.45) is 8.50. The lowest BCUT2D eigenvalue weighted by molar-refractivity contribution is -0.118. The molecular formula is C26H29N3O3S2. The molecule has 1 aliphatic carbocycles. The van der Waals surface area contributed by atoms with Crippen molar-refractivity contribution in [1.82, 2.24) is 14.9 Å². The zero-order chi connectivity index (χ0) is 23.9. The number of aromatic nitrogens is 2. The molecule has 0 saturated heterocycles. The van der Waals surface area contributed by atoms with E-state index in [1.54, 1.807) is 4.57 Å². The van der Waals surface area contributed by atoms with Crippen molar-refractivity contribution in [1.29, 1.82) is 0 Å². The fourth-order valence-electron chi connectivity index (χ4n) is 4.07. The average molecular weight is 496 g/mol. The minimum atomic E-state index is -0.0574. The van der Waals surface area contributed by atoms with Crippen LogP contribution in [0.15, 0.2) is 58.0 Å². The number of fused-ring (bicyclic) bond motifs is 1. The van der Waals surface area contributed by atoms with Crippen LogP contribution >= 0.6 is 23.1 Å². The van der Waals surface area contributed by atoms with E-state index in [1.807, 2.05) is 36.4 Å².